The highest BCUT2D eigenvalue weighted by Gasteiger charge is 2.23. The minimum absolute atomic E-state index is 0.0341. The number of sulfonamides is 1. The Morgan fingerprint density at radius 2 is 1.50 bits per heavy atom. The molecule has 0 unspecified atom stereocenters. The fourth-order valence-electron chi connectivity index (χ4n) is 5.28. The monoisotopic (exact) mass is 702 g/mol. The van der Waals surface area contributed by atoms with E-state index in [2.05, 4.69) is 39.3 Å². The number of carbonyl (C=O) groups excluding carboxylic acids is 2. The zero-order valence-corrected chi connectivity index (χ0v) is 28.8. The van der Waals surface area contributed by atoms with Crippen molar-refractivity contribution in [2.24, 2.45) is 0 Å². The molecule has 0 aliphatic heterocycles. The molecule has 0 fully saturated rings. The number of ether oxygens (including phenoxy) is 1. The third-order valence-electron chi connectivity index (χ3n) is 7.45. The zero-order chi connectivity index (χ0) is 34.1. The summed E-state index contributed by atoms with van der Waals surface area (Å²) in [5, 5.41) is 3.24. The second kappa shape index (κ2) is 15.9. The number of nitrogens with one attached hydrogen (secondary N) is 2. The standard InChI is InChI=1S/C36H35ClN4O5S2/c1-3-46-32(42)24-25-14-20-30(21-15-25)41(23-22-31(26-10-6-4-7-11-26)27-12-8-5-9-13-27)36(43)39-35-38-33(34(37)47-35)28-16-18-29(19-17-28)40-48(2,44)45/h4-21,31,40H,3,22-24H2,1-2H3,(H,38,39,43). The number of thiazole rings is 1. The number of urea groups is 1. The fraction of sp³-hybridized carbons (Fsp3) is 0.194. The Labute approximate surface area is 289 Å². The summed E-state index contributed by atoms with van der Waals surface area (Å²) in [5.74, 6) is -0.280. The van der Waals surface area contributed by atoms with Crippen LogP contribution in [0, 0.1) is 0 Å². The number of nitrogens with zero attached hydrogens (tertiary/aromatic N) is 2. The maximum absolute atomic E-state index is 14.0. The molecule has 2 N–H and O–H groups in total. The second-order valence-electron chi connectivity index (χ2n) is 11.0. The zero-order valence-electron chi connectivity index (χ0n) is 26.4. The van der Waals surface area contributed by atoms with Gasteiger partial charge in [-0.25, -0.2) is 18.2 Å². The molecule has 1 aromatic heterocycles. The van der Waals surface area contributed by atoms with Crippen LogP contribution in [-0.4, -0.2) is 44.8 Å². The van der Waals surface area contributed by atoms with E-state index >= 15 is 0 Å². The van der Waals surface area contributed by atoms with Crippen molar-refractivity contribution in [1.29, 1.82) is 0 Å². The minimum atomic E-state index is -3.42. The molecule has 1 heterocycles. The van der Waals surface area contributed by atoms with E-state index in [4.69, 9.17) is 16.3 Å². The Kier molecular flexibility index (Phi) is 11.5. The van der Waals surface area contributed by atoms with Gasteiger partial charge in [0.25, 0.3) is 0 Å². The van der Waals surface area contributed by atoms with Gasteiger partial charge in [0.15, 0.2) is 5.13 Å². The van der Waals surface area contributed by atoms with Crippen LogP contribution in [-0.2, 0) is 26.0 Å². The highest BCUT2D eigenvalue weighted by Crippen LogP contribution is 2.36. The Morgan fingerprint density at radius 1 is 0.896 bits per heavy atom. The van der Waals surface area contributed by atoms with Crippen molar-refractivity contribution in [2.75, 3.05) is 34.3 Å². The number of carbonyl (C=O) groups is 2. The van der Waals surface area contributed by atoms with Gasteiger partial charge in [0.2, 0.25) is 10.0 Å². The first-order valence-corrected chi connectivity index (χ1v) is 18.4. The molecule has 0 aliphatic carbocycles. The van der Waals surface area contributed by atoms with Gasteiger partial charge >= 0.3 is 12.0 Å². The topological polar surface area (TPSA) is 118 Å². The van der Waals surface area contributed by atoms with E-state index in [0.29, 0.717) is 51.7 Å². The molecule has 5 aromatic rings. The minimum Gasteiger partial charge on any atom is -0.466 e. The maximum Gasteiger partial charge on any atom is 0.328 e. The van der Waals surface area contributed by atoms with E-state index < -0.39 is 16.1 Å². The first kappa shape index (κ1) is 34.6. The van der Waals surface area contributed by atoms with E-state index in [1.165, 1.54) is 0 Å². The number of hydrogen-bond donors (Lipinski definition) is 2. The summed E-state index contributed by atoms with van der Waals surface area (Å²) in [6.07, 6.45) is 1.84. The van der Waals surface area contributed by atoms with Crippen molar-refractivity contribution >= 4 is 61.5 Å². The van der Waals surface area contributed by atoms with Crippen LogP contribution in [0.1, 0.15) is 36.0 Å². The third-order valence-corrected chi connectivity index (χ3v) is 9.23. The lowest BCUT2D eigenvalue weighted by Gasteiger charge is -2.26. The number of halogens is 1. The largest absolute Gasteiger partial charge is 0.466 e. The van der Waals surface area contributed by atoms with Gasteiger partial charge in [-0.05, 0) is 54.3 Å². The van der Waals surface area contributed by atoms with Gasteiger partial charge in [-0.1, -0.05) is 108 Å². The number of aromatic nitrogens is 1. The van der Waals surface area contributed by atoms with Crippen LogP contribution in [0.5, 0.6) is 0 Å². The van der Waals surface area contributed by atoms with Crippen LogP contribution in [0.15, 0.2) is 109 Å². The van der Waals surface area contributed by atoms with Crippen LogP contribution in [0.4, 0.5) is 21.3 Å². The maximum atomic E-state index is 14.0. The first-order valence-electron chi connectivity index (χ1n) is 15.3. The van der Waals surface area contributed by atoms with Crippen molar-refractivity contribution in [1.82, 2.24) is 4.98 Å². The number of rotatable bonds is 13. The van der Waals surface area contributed by atoms with Gasteiger partial charge in [0, 0.05) is 29.4 Å². The molecule has 0 spiro atoms. The molecule has 9 nitrogen and oxygen atoms in total. The van der Waals surface area contributed by atoms with Gasteiger partial charge in [-0.15, -0.1) is 0 Å². The quantitative estimate of drug-likeness (QED) is 0.120. The van der Waals surface area contributed by atoms with E-state index in [-0.39, 0.29) is 18.3 Å². The number of benzene rings is 4. The Morgan fingerprint density at radius 3 is 2.06 bits per heavy atom. The summed E-state index contributed by atoms with van der Waals surface area (Å²) in [4.78, 5) is 32.3. The average Bonchev–Trinajstić information content (AvgIpc) is 3.43. The SMILES string of the molecule is CCOC(=O)Cc1ccc(N(CCC(c2ccccc2)c2ccccc2)C(=O)Nc2nc(-c3ccc(NS(C)(=O)=O)cc3)c(Cl)s2)cc1. The third kappa shape index (κ3) is 9.43. The Hall–Kier alpha value is -4.71. The lowest BCUT2D eigenvalue weighted by atomic mass is 9.88. The molecule has 0 saturated heterocycles. The van der Waals surface area contributed by atoms with Gasteiger partial charge in [-0.2, -0.15) is 0 Å². The van der Waals surface area contributed by atoms with Crippen LogP contribution < -0.4 is 14.9 Å². The first-order chi connectivity index (χ1) is 23.1. The molecule has 0 aliphatic rings. The van der Waals surface area contributed by atoms with Gasteiger partial charge in [0.1, 0.15) is 10.0 Å². The fourth-order valence-corrected chi connectivity index (χ4v) is 6.92. The summed E-state index contributed by atoms with van der Waals surface area (Å²) in [6, 6.07) is 33.9. The molecule has 0 bridgehead atoms. The van der Waals surface area contributed by atoms with Crippen molar-refractivity contribution < 1.29 is 22.7 Å². The highest BCUT2D eigenvalue weighted by atomic mass is 35.5. The summed E-state index contributed by atoms with van der Waals surface area (Å²) < 4.78 is 31.0. The predicted octanol–water partition coefficient (Wildman–Crippen LogP) is 8.20. The highest BCUT2D eigenvalue weighted by molar-refractivity contribution is 7.92. The average molecular weight is 703 g/mol. The van der Waals surface area contributed by atoms with E-state index in [0.717, 1.165) is 34.3 Å². The molecular weight excluding hydrogens is 668 g/mol. The summed E-state index contributed by atoms with van der Waals surface area (Å²) in [7, 11) is -3.42. The molecule has 2 amide bonds. The van der Waals surface area contributed by atoms with Crippen molar-refractivity contribution in [3.63, 3.8) is 0 Å². The number of amides is 2. The lowest BCUT2D eigenvalue weighted by molar-refractivity contribution is -0.142. The number of anilines is 3. The van der Waals surface area contributed by atoms with Crippen LogP contribution >= 0.6 is 22.9 Å². The molecule has 0 radical (unpaired) electrons. The van der Waals surface area contributed by atoms with Gasteiger partial charge in [-0.3, -0.25) is 19.7 Å². The molecule has 0 atom stereocenters. The molecule has 5 rings (SSSR count). The summed E-state index contributed by atoms with van der Waals surface area (Å²) >= 11 is 7.70. The molecule has 0 saturated carbocycles. The van der Waals surface area contributed by atoms with E-state index in [1.807, 2.05) is 60.7 Å². The second-order valence-corrected chi connectivity index (χ2v) is 14.3. The molecular formula is C36H35ClN4O5S2. The van der Waals surface area contributed by atoms with Crippen LogP contribution in [0.3, 0.4) is 0 Å². The van der Waals surface area contributed by atoms with E-state index in [1.54, 1.807) is 36.1 Å². The van der Waals surface area contributed by atoms with Crippen LogP contribution in [0.2, 0.25) is 4.34 Å². The summed E-state index contributed by atoms with van der Waals surface area (Å²) in [5.41, 5.74) is 5.25. The molecule has 248 valence electrons. The van der Waals surface area contributed by atoms with E-state index in [9.17, 15) is 18.0 Å². The van der Waals surface area contributed by atoms with Crippen molar-refractivity contribution in [3.05, 3.63) is 130 Å². The van der Waals surface area contributed by atoms with Gasteiger partial charge in [0.05, 0.1) is 19.3 Å². The lowest BCUT2D eigenvalue weighted by Crippen LogP contribution is -2.36. The molecule has 48 heavy (non-hydrogen) atoms. The molecule has 4 aromatic carbocycles. The smallest absolute Gasteiger partial charge is 0.328 e. The van der Waals surface area contributed by atoms with Crippen LogP contribution in [0.25, 0.3) is 11.3 Å². The Bertz CT molecular complexity index is 1900. The summed E-state index contributed by atoms with van der Waals surface area (Å²) in [6.45, 7) is 2.45. The normalized spacial score (nSPS) is 11.2. The molecule has 12 heteroatoms. The van der Waals surface area contributed by atoms with Gasteiger partial charge < -0.3 is 4.74 Å². The van der Waals surface area contributed by atoms with Crippen molar-refractivity contribution in [2.45, 2.75) is 25.7 Å². The number of esters is 1. The van der Waals surface area contributed by atoms with Crippen molar-refractivity contribution in [3.8, 4) is 11.3 Å². The Balaban J connectivity index is 1.40. The predicted molar refractivity (Wildman–Crippen MR) is 194 cm³/mol. The number of hydrogen-bond acceptors (Lipinski definition) is 7.